The van der Waals surface area contributed by atoms with Crippen molar-refractivity contribution in [3.63, 3.8) is 0 Å². The molecule has 120 valence electrons. The fourth-order valence-corrected chi connectivity index (χ4v) is 2.31. The number of rotatable bonds is 4. The summed E-state index contributed by atoms with van der Waals surface area (Å²) in [5.41, 5.74) is 0.318. The van der Waals surface area contributed by atoms with Gasteiger partial charge in [0.15, 0.2) is 17.3 Å². The number of phenolic OH excluding ortho intramolecular Hbond substituents is 1. The Morgan fingerprint density at radius 2 is 1.96 bits per heavy atom. The van der Waals surface area contributed by atoms with E-state index in [4.69, 9.17) is 9.15 Å². The highest BCUT2D eigenvalue weighted by Crippen LogP contribution is 2.26. The summed E-state index contributed by atoms with van der Waals surface area (Å²) in [6.45, 7) is 0. The predicted octanol–water partition coefficient (Wildman–Crippen LogP) is 3.40. The second-order valence-corrected chi connectivity index (χ2v) is 5.11. The molecule has 3 rings (SSSR count). The van der Waals surface area contributed by atoms with Crippen molar-refractivity contribution in [3.05, 3.63) is 76.2 Å². The van der Waals surface area contributed by atoms with Gasteiger partial charge in [0.25, 0.3) is 0 Å². The van der Waals surface area contributed by atoms with Gasteiger partial charge in [-0.15, -0.1) is 0 Å². The summed E-state index contributed by atoms with van der Waals surface area (Å²) in [5.74, 6) is -0.157. The van der Waals surface area contributed by atoms with Crippen molar-refractivity contribution >= 4 is 22.8 Å². The number of hydrogen-bond donors (Lipinski definition) is 1. The van der Waals surface area contributed by atoms with Crippen LogP contribution in [-0.2, 0) is 0 Å². The van der Waals surface area contributed by atoms with Gasteiger partial charge in [0.2, 0.25) is 0 Å². The summed E-state index contributed by atoms with van der Waals surface area (Å²) in [6, 6.07) is 13.2. The van der Waals surface area contributed by atoms with E-state index in [-0.39, 0.29) is 11.3 Å². The molecule has 0 saturated carbocycles. The minimum atomic E-state index is -0.680. The molecule has 5 heteroatoms. The summed E-state index contributed by atoms with van der Waals surface area (Å²) in [7, 11) is 1.45. The van der Waals surface area contributed by atoms with Crippen molar-refractivity contribution in [1.29, 1.82) is 0 Å². The van der Waals surface area contributed by atoms with E-state index in [1.165, 1.54) is 31.4 Å². The number of methoxy groups -OCH3 is 1. The average molecular weight is 322 g/mol. The van der Waals surface area contributed by atoms with E-state index in [2.05, 4.69) is 0 Å². The number of allylic oxidation sites excluding steroid dienone is 1. The summed E-state index contributed by atoms with van der Waals surface area (Å²) >= 11 is 0. The summed E-state index contributed by atoms with van der Waals surface area (Å²) in [5, 5.41) is 10.4. The van der Waals surface area contributed by atoms with Gasteiger partial charge in [0.1, 0.15) is 11.1 Å². The van der Waals surface area contributed by atoms with Crippen molar-refractivity contribution in [3.8, 4) is 11.5 Å². The van der Waals surface area contributed by atoms with Crippen LogP contribution in [0.4, 0.5) is 0 Å². The smallest absolute Gasteiger partial charge is 0.347 e. The summed E-state index contributed by atoms with van der Waals surface area (Å²) < 4.78 is 10.1. The van der Waals surface area contributed by atoms with Crippen LogP contribution in [0.5, 0.6) is 11.5 Å². The zero-order valence-electron chi connectivity index (χ0n) is 12.9. The first-order chi connectivity index (χ1) is 11.6. The molecule has 0 spiro atoms. The monoisotopic (exact) mass is 322 g/mol. The highest BCUT2D eigenvalue weighted by Gasteiger charge is 2.11. The van der Waals surface area contributed by atoms with E-state index in [1.54, 1.807) is 36.4 Å². The van der Waals surface area contributed by atoms with Crippen LogP contribution >= 0.6 is 0 Å². The molecule has 0 unspecified atom stereocenters. The van der Waals surface area contributed by atoms with Gasteiger partial charge in [0.05, 0.1) is 7.11 Å². The normalized spacial score (nSPS) is 11.0. The van der Waals surface area contributed by atoms with E-state index in [9.17, 15) is 14.7 Å². The van der Waals surface area contributed by atoms with E-state index < -0.39 is 11.4 Å². The lowest BCUT2D eigenvalue weighted by Gasteiger charge is -2.03. The van der Waals surface area contributed by atoms with Gasteiger partial charge in [-0.25, -0.2) is 4.79 Å². The molecule has 1 N–H and O–H groups in total. The average Bonchev–Trinajstić information content (AvgIpc) is 2.59. The Bertz CT molecular complexity index is 998. The minimum absolute atomic E-state index is 0.0303. The molecule has 0 saturated heterocycles. The predicted molar refractivity (Wildman–Crippen MR) is 90.5 cm³/mol. The van der Waals surface area contributed by atoms with Crippen molar-refractivity contribution in [1.82, 2.24) is 0 Å². The number of hydrogen-bond acceptors (Lipinski definition) is 5. The Kier molecular flexibility index (Phi) is 4.16. The largest absolute Gasteiger partial charge is 0.504 e. The molecule has 2 aromatic carbocycles. The van der Waals surface area contributed by atoms with Crippen molar-refractivity contribution in [2.75, 3.05) is 7.11 Å². The molecule has 1 heterocycles. The number of fused-ring (bicyclic) bond motifs is 1. The maximum Gasteiger partial charge on any atom is 0.347 e. The lowest BCUT2D eigenvalue weighted by Crippen LogP contribution is -2.11. The Morgan fingerprint density at radius 3 is 2.71 bits per heavy atom. The second kappa shape index (κ2) is 6.42. The minimum Gasteiger partial charge on any atom is -0.504 e. The van der Waals surface area contributed by atoms with E-state index in [1.807, 2.05) is 0 Å². The Labute approximate surface area is 137 Å². The molecule has 3 aromatic rings. The standard InChI is InChI=1S/C19H14O5/c1-23-18-9-7-12(10-16(18)21)6-8-15(20)14-11-13-4-2-3-5-17(13)24-19(14)22/h2-11,21H,1H3/b8-6+. The number of phenols is 1. The number of ketones is 1. The van der Waals surface area contributed by atoms with Crippen LogP contribution in [0, 0.1) is 0 Å². The number of carbonyl (C=O) groups excluding carboxylic acids is 1. The van der Waals surface area contributed by atoms with Gasteiger partial charge in [-0.3, -0.25) is 4.79 Å². The molecule has 24 heavy (non-hydrogen) atoms. The number of carbonyl (C=O) groups is 1. The topological polar surface area (TPSA) is 76.7 Å². The molecular weight excluding hydrogens is 308 g/mol. The van der Waals surface area contributed by atoms with Crippen LogP contribution in [0.15, 0.2) is 63.8 Å². The molecule has 0 radical (unpaired) electrons. The van der Waals surface area contributed by atoms with Crippen LogP contribution in [0.1, 0.15) is 15.9 Å². The lowest BCUT2D eigenvalue weighted by molar-refractivity contribution is 0.104. The quantitative estimate of drug-likeness (QED) is 0.452. The molecule has 0 aliphatic carbocycles. The highest BCUT2D eigenvalue weighted by molar-refractivity contribution is 6.07. The van der Waals surface area contributed by atoms with Gasteiger partial charge < -0.3 is 14.3 Å². The molecule has 0 amide bonds. The van der Waals surface area contributed by atoms with E-state index >= 15 is 0 Å². The van der Waals surface area contributed by atoms with Crippen LogP contribution in [0.25, 0.3) is 17.0 Å². The molecule has 1 aromatic heterocycles. The molecule has 0 atom stereocenters. The fraction of sp³-hybridized carbons (Fsp3) is 0.0526. The van der Waals surface area contributed by atoms with Crippen molar-refractivity contribution in [2.24, 2.45) is 0 Å². The zero-order valence-corrected chi connectivity index (χ0v) is 12.9. The first kappa shape index (κ1) is 15.6. The fourth-order valence-electron chi connectivity index (χ4n) is 2.31. The number of aromatic hydroxyl groups is 1. The third-order valence-electron chi connectivity index (χ3n) is 3.54. The third kappa shape index (κ3) is 3.05. The van der Waals surface area contributed by atoms with Gasteiger partial charge in [-0.2, -0.15) is 0 Å². The number of ether oxygens (including phenoxy) is 1. The first-order valence-electron chi connectivity index (χ1n) is 7.21. The van der Waals surface area contributed by atoms with Gasteiger partial charge in [-0.1, -0.05) is 30.3 Å². The molecule has 0 aliphatic rings. The van der Waals surface area contributed by atoms with Gasteiger partial charge in [0, 0.05) is 5.39 Å². The maximum absolute atomic E-state index is 12.3. The first-order valence-corrected chi connectivity index (χ1v) is 7.21. The van der Waals surface area contributed by atoms with Crippen LogP contribution < -0.4 is 10.4 Å². The van der Waals surface area contributed by atoms with Crippen molar-refractivity contribution in [2.45, 2.75) is 0 Å². The number of para-hydroxylation sites is 1. The maximum atomic E-state index is 12.3. The molecule has 0 fully saturated rings. The van der Waals surface area contributed by atoms with Crippen LogP contribution in [0.3, 0.4) is 0 Å². The third-order valence-corrected chi connectivity index (χ3v) is 3.54. The molecule has 0 aliphatic heterocycles. The Balaban J connectivity index is 1.91. The highest BCUT2D eigenvalue weighted by atomic mass is 16.5. The molecule has 0 bridgehead atoms. The van der Waals surface area contributed by atoms with Crippen LogP contribution in [0.2, 0.25) is 0 Å². The SMILES string of the molecule is COc1ccc(/C=C/C(=O)c2cc3ccccc3oc2=O)cc1O. The van der Waals surface area contributed by atoms with E-state index in [0.29, 0.717) is 22.3 Å². The Hall–Kier alpha value is -3.34. The van der Waals surface area contributed by atoms with Gasteiger partial charge in [-0.05, 0) is 35.9 Å². The summed E-state index contributed by atoms with van der Waals surface area (Å²) in [6.07, 6.45) is 2.78. The van der Waals surface area contributed by atoms with Crippen LogP contribution in [-0.4, -0.2) is 18.0 Å². The van der Waals surface area contributed by atoms with Gasteiger partial charge >= 0.3 is 5.63 Å². The van der Waals surface area contributed by atoms with E-state index in [0.717, 1.165) is 0 Å². The zero-order chi connectivity index (χ0) is 17.1. The molecular formula is C19H14O5. The number of benzene rings is 2. The lowest BCUT2D eigenvalue weighted by atomic mass is 10.1. The van der Waals surface area contributed by atoms with Crippen molar-refractivity contribution < 1.29 is 19.1 Å². The second-order valence-electron chi connectivity index (χ2n) is 5.11. The Morgan fingerprint density at radius 1 is 1.17 bits per heavy atom. The summed E-state index contributed by atoms with van der Waals surface area (Å²) in [4.78, 5) is 24.2. The molecule has 5 nitrogen and oxygen atoms in total.